The summed E-state index contributed by atoms with van der Waals surface area (Å²) in [7, 11) is 6.19. The predicted octanol–water partition coefficient (Wildman–Crippen LogP) is 6.03. The molecule has 0 saturated heterocycles. The van der Waals surface area contributed by atoms with E-state index in [2.05, 4.69) is 0 Å². The molecule has 0 bridgehead atoms. The van der Waals surface area contributed by atoms with Gasteiger partial charge in [-0.05, 0) is 62.1 Å². The van der Waals surface area contributed by atoms with Gasteiger partial charge in [-0.2, -0.15) is 0 Å². The topological polar surface area (TPSA) is 71.1 Å². The van der Waals surface area contributed by atoms with Crippen LogP contribution in [0.4, 0.5) is 0 Å². The Morgan fingerprint density at radius 2 is 1.24 bits per heavy atom. The Morgan fingerprint density at radius 1 is 0.765 bits per heavy atom. The molecular formula is C28H36O6. The number of methoxy groups -OCH3 is 4. The molecule has 0 aliphatic rings. The Kier molecular flexibility index (Phi) is 9.72. The number of carbonyl (C=O) groups is 2. The van der Waals surface area contributed by atoms with Crippen LogP contribution in [0.2, 0.25) is 0 Å². The molecular weight excluding hydrogens is 432 g/mol. The summed E-state index contributed by atoms with van der Waals surface area (Å²) in [5, 5.41) is 0. The van der Waals surface area contributed by atoms with E-state index >= 15 is 0 Å². The van der Waals surface area contributed by atoms with Gasteiger partial charge in [0, 0.05) is 23.5 Å². The molecule has 0 spiro atoms. The van der Waals surface area contributed by atoms with Crippen LogP contribution in [0.3, 0.4) is 0 Å². The Morgan fingerprint density at radius 3 is 1.68 bits per heavy atom. The van der Waals surface area contributed by atoms with E-state index in [0.29, 0.717) is 34.1 Å². The summed E-state index contributed by atoms with van der Waals surface area (Å²) in [6.45, 7) is 8.01. The van der Waals surface area contributed by atoms with Gasteiger partial charge in [0.25, 0.3) is 0 Å². The molecule has 2 atom stereocenters. The van der Waals surface area contributed by atoms with E-state index in [1.807, 2.05) is 33.8 Å². The number of benzene rings is 2. The van der Waals surface area contributed by atoms with Crippen molar-refractivity contribution in [3.8, 4) is 23.0 Å². The van der Waals surface area contributed by atoms with Crippen molar-refractivity contribution in [2.45, 2.75) is 34.1 Å². The second-order valence-corrected chi connectivity index (χ2v) is 8.81. The number of rotatable bonds is 12. The maximum Gasteiger partial charge on any atom is 0.170 e. The molecule has 6 nitrogen and oxygen atoms in total. The van der Waals surface area contributed by atoms with E-state index < -0.39 is 5.92 Å². The number of hydrogen-bond donors (Lipinski definition) is 0. The molecule has 2 aromatic carbocycles. The normalized spacial score (nSPS) is 12.5. The van der Waals surface area contributed by atoms with Crippen molar-refractivity contribution in [1.29, 1.82) is 0 Å². The summed E-state index contributed by atoms with van der Waals surface area (Å²) in [5.41, 5.74) is 2.06. The van der Waals surface area contributed by atoms with Crippen LogP contribution in [0, 0.1) is 17.8 Å². The Balaban J connectivity index is 2.43. The average molecular weight is 469 g/mol. The van der Waals surface area contributed by atoms with Crippen molar-refractivity contribution >= 4 is 11.6 Å². The zero-order valence-corrected chi connectivity index (χ0v) is 21.4. The maximum atomic E-state index is 13.7. The molecule has 0 aliphatic carbocycles. The minimum atomic E-state index is -0.466. The predicted molar refractivity (Wildman–Crippen MR) is 134 cm³/mol. The highest BCUT2D eigenvalue weighted by atomic mass is 16.5. The fourth-order valence-corrected chi connectivity index (χ4v) is 4.05. The number of carbonyl (C=O) groups excluding carboxylic acids is 2. The van der Waals surface area contributed by atoms with Gasteiger partial charge < -0.3 is 18.9 Å². The highest BCUT2D eigenvalue weighted by Crippen LogP contribution is 2.35. The van der Waals surface area contributed by atoms with Gasteiger partial charge >= 0.3 is 0 Å². The lowest BCUT2D eigenvalue weighted by Gasteiger charge is -2.28. The molecule has 2 aromatic rings. The number of ether oxygens (including phenoxy) is 4. The molecule has 0 aromatic heterocycles. The fraction of sp³-hybridized carbons (Fsp3) is 0.429. The van der Waals surface area contributed by atoms with E-state index in [4.69, 9.17) is 18.9 Å². The molecule has 0 fully saturated rings. The summed E-state index contributed by atoms with van der Waals surface area (Å²) >= 11 is 0. The number of ketones is 2. The van der Waals surface area contributed by atoms with E-state index in [9.17, 15) is 9.59 Å². The molecule has 0 unspecified atom stereocenters. The number of Topliss-reactive ketones (excluding diaryl/α,β-unsaturated/α-hetero) is 2. The minimum Gasteiger partial charge on any atom is -0.493 e. The van der Waals surface area contributed by atoms with Gasteiger partial charge in [0.15, 0.2) is 34.6 Å². The van der Waals surface area contributed by atoms with Crippen LogP contribution < -0.4 is 18.9 Å². The standard InChI is InChI=1S/C28H36O6/c1-17(2)13-22(28(30)20-10-12-25(32-6)27(15-20)34-8)21(18(3)4)16-23(29)19-9-11-24(31-5)26(14-19)33-7/h9-15,18,21-22H,16H2,1-8H3/t21-,22+/m1/s1. The SMILES string of the molecule is COc1ccc(C(=O)C[C@H](C(C)C)[C@H](C=C(C)C)C(=O)c2ccc(OC)c(OC)c2)cc1OC. The molecule has 0 heterocycles. The first kappa shape index (κ1) is 27.0. The van der Waals surface area contributed by atoms with Crippen molar-refractivity contribution in [1.82, 2.24) is 0 Å². The first-order valence-corrected chi connectivity index (χ1v) is 11.3. The van der Waals surface area contributed by atoms with Crippen LogP contribution in [-0.4, -0.2) is 40.0 Å². The molecule has 0 amide bonds. The molecule has 2 rings (SSSR count). The van der Waals surface area contributed by atoms with Crippen molar-refractivity contribution < 1.29 is 28.5 Å². The summed E-state index contributed by atoms with van der Waals surface area (Å²) in [5.74, 6) is 1.43. The van der Waals surface area contributed by atoms with Gasteiger partial charge in [-0.15, -0.1) is 0 Å². The second-order valence-electron chi connectivity index (χ2n) is 8.81. The average Bonchev–Trinajstić information content (AvgIpc) is 2.84. The van der Waals surface area contributed by atoms with Crippen molar-refractivity contribution in [3.05, 3.63) is 59.2 Å². The first-order chi connectivity index (χ1) is 16.2. The Hall–Kier alpha value is -3.28. The van der Waals surface area contributed by atoms with E-state index in [-0.39, 0.29) is 29.8 Å². The molecule has 184 valence electrons. The Bertz CT molecular complexity index is 1030. The molecule has 0 radical (unpaired) electrons. The van der Waals surface area contributed by atoms with Crippen LogP contribution >= 0.6 is 0 Å². The molecule has 34 heavy (non-hydrogen) atoms. The fourth-order valence-electron chi connectivity index (χ4n) is 4.05. The van der Waals surface area contributed by atoms with Crippen molar-refractivity contribution in [3.63, 3.8) is 0 Å². The highest BCUT2D eigenvalue weighted by molar-refractivity contribution is 6.01. The van der Waals surface area contributed by atoms with Gasteiger partial charge in [-0.3, -0.25) is 9.59 Å². The summed E-state index contributed by atoms with van der Waals surface area (Å²) in [4.78, 5) is 27.0. The minimum absolute atomic E-state index is 0.0491. The largest absolute Gasteiger partial charge is 0.493 e. The molecule has 6 heteroatoms. The summed E-state index contributed by atoms with van der Waals surface area (Å²) in [6, 6.07) is 10.3. The zero-order chi connectivity index (χ0) is 25.4. The van der Waals surface area contributed by atoms with E-state index in [1.165, 1.54) is 7.11 Å². The van der Waals surface area contributed by atoms with Gasteiger partial charge in [0.1, 0.15) is 0 Å². The Labute approximate surface area is 202 Å². The third kappa shape index (κ3) is 6.40. The smallest absolute Gasteiger partial charge is 0.170 e. The highest BCUT2D eigenvalue weighted by Gasteiger charge is 2.32. The summed E-state index contributed by atoms with van der Waals surface area (Å²) in [6.07, 6.45) is 2.19. The van der Waals surface area contributed by atoms with Crippen LogP contribution in [0.25, 0.3) is 0 Å². The molecule has 0 N–H and O–H groups in total. The second kappa shape index (κ2) is 12.3. The third-order valence-corrected chi connectivity index (χ3v) is 5.93. The van der Waals surface area contributed by atoms with Crippen LogP contribution in [0.1, 0.15) is 54.8 Å². The van der Waals surface area contributed by atoms with Gasteiger partial charge in [0.2, 0.25) is 0 Å². The molecule has 0 saturated carbocycles. The lowest BCUT2D eigenvalue weighted by Crippen LogP contribution is -2.29. The van der Waals surface area contributed by atoms with E-state index in [1.54, 1.807) is 57.7 Å². The van der Waals surface area contributed by atoms with E-state index in [0.717, 1.165) is 5.57 Å². The third-order valence-electron chi connectivity index (χ3n) is 5.93. The lowest BCUT2D eigenvalue weighted by molar-refractivity contribution is 0.0839. The lowest BCUT2D eigenvalue weighted by atomic mass is 9.75. The van der Waals surface area contributed by atoms with Gasteiger partial charge in [0.05, 0.1) is 28.4 Å². The van der Waals surface area contributed by atoms with Crippen molar-refractivity contribution in [2.24, 2.45) is 17.8 Å². The van der Waals surface area contributed by atoms with Gasteiger partial charge in [-0.25, -0.2) is 0 Å². The number of allylic oxidation sites excluding steroid dienone is 2. The first-order valence-electron chi connectivity index (χ1n) is 11.3. The maximum absolute atomic E-state index is 13.7. The zero-order valence-electron chi connectivity index (χ0n) is 21.4. The number of hydrogen-bond acceptors (Lipinski definition) is 6. The van der Waals surface area contributed by atoms with Crippen molar-refractivity contribution in [2.75, 3.05) is 28.4 Å². The van der Waals surface area contributed by atoms with Crippen LogP contribution in [0.15, 0.2) is 48.0 Å². The summed E-state index contributed by atoms with van der Waals surface area (Å²) < 4.78 is 21.3. The monoisotopic (exact) mass is 468 g/mol. The van der Waals surface area contributed by atoms with Crippen LogP contribution in [0.5, 0.6) is 23.0 Å². The quantitative estimate of drug-likeness (QED) is 0.280. The van der Waals surface area contributed by atoms with Crippen LogP contribution in [-0.2, 0) is 0 Å². The molecule has 0 aliphatic heterocycles. The van der Waals surface area contributed by atoms with Gasteiger partial charge in [-0.1, -0.05) is 25.5 Å².